The molecule has 0 amide bonds. The lowest BCUT2D eigenvalue weighted by molar-refractivity contribution is -0.121. The average Bonchev–Trinajstić information content (AvgIpc) is 2.62. The van der Waals surface area contributed by atoms with Gasteiger partial charge in [0.25, 0.3) is 0 Å². The number of ketones is 1. The summed E-state index contributed by atoms with van der Waals surface area (Å²) in [7, 11) is 0. The third-order valence-corrected chi connectivity index (χ3v) is 3.55. The van der Waals surface area contributed by atoms with Gasteiger partial charge >= 0.3 is 0 Å². The predicted octanol–water partition coefficient (Wildman–Crippen LogP) is 2.23. The van der Waals surface area contributed by atoms with E-state index in [0.717, 1.165) is 12.3 Å². The van der Waals surface area contributed by atoms with E-state index in [-0.39, 0.29) is 5.88 Å². The minimum Gasteiger partial charge on any atom is -0.298 e. The summed E-state index contributed by atoms with van der Waals surface area (Å²) in [6.07, 6.45) is 5.07. The summed E-state index contributed by atoms with van der Waals surface area (Å²) in [5, 5.41) is 0. The highest BCUT2D eigenvalue weighted by Crippen LogP contribution is 2.48. The molecular formula is C9H13ClO. The Labute approximate surface area is 72.1 Å². The van der Waals surface area contributed by atoms with Crippen LogP contribution >= 0.6 is 11.6 Å². The zero-order valence-corrected chi connectivity index (χ0v) is 7.31. The molecule has 0 heterocycles. The second-order valence-corrected chi connectivity index (χ2v) is 4.15. The number of hydrogen-bond acceptors (Lipinski definition) is 1. The fourth-order valence-corrected chi connectivity index (χ4v) is 2.94. The van der Waals surface area contributed by atoms with Gasteiger partial charge in [-0.3, -0.25) is 4.79 Å². The van der Waals surface area contributed by atoms with Gasteiger partial charge < -0.3 is 0 Å². The highest BCUT2D eigenvalue weighted by Gasteiger charge is 2.42. The van der Waals surface area contributed by atoms with Crippen molar-refractivity contribution in [3.63, 3.8) is 0 Å². The first-order valence-corrected chi connectivity index (χ1v) is 4.93. The largest absolute Gasteiger partial charge is 0.298 e. The van der Waals surface area contributed by atoms with E-state index in [0.29, 0.717) is 17.6 Å². The molecule has 0 spiro atoms. The maximum atomic E-state index is 11.3. The van der Waals surface area contributed by atoms with E-state index in [9.17, 15) is 4.79 Å². The van der Waals surface area contributed by atoms with Gasteiger partial charge in [-0.1, -0.05) is 6.42 Å². The van der Waals surface area contributed by atoms with Gasteiger partial charge in [0.2, 0.25) is 0 Å². The van der Waals surface area contributed by atoms with Crippen LogP contribution in [-0.2, 0) is 4.79 Å². The lowest BCUT2D eigenvalue weighted by Gasteiger charge is -2.18. The van der Waals surface area contributed by atoms with Crippen LogP contribution in [0.15, 0.2) is 0 Å². The molecule has 0 aliphatic heterocycles. The van der Waals surface area contributed by atoms with Gasteiger partial charge in [0, 0.05) is 5.92 Å². The van der Waals surface area contributed by atoms with Crippen molar-refractivity contribution in [1.82, 2.24) is 0 Å². The topological polar surface area (TPSA) is 17.1 Å². The Morgan fingerprint density at radius 2 is 2.18 bits per heavy atom. The third kappa shape index (κ3) is 1.20. The van der Waals surface area contributed by atoms with Crippen molar-refractivity contribution in [3.8, 4) is 0 Å². The van der Waals surface area contributed by atoms with Crippen LogP contribution < -0.4 is 0 Å². The van der Waals surface area contributed by atoms with E-state index < -0.39 is 0 Å². The molecule has 0 saturated heterocycles. The van der Waals surface area contributed by atoms with Crippen LogP contribution in [0.5, 0.6) is 0 Å². The first-order valence-electron chi connectivity index (χ1n) is 4.40. The summed E-state index contributed by atoms with van der Waals surface area (Å²) >= 11 is 5.52. The van der Waals surface area contributed by atoms with Gasteiger partial charge in [-0.15, -0.1) is 11.6 Å². The van der Waals surface area contributed by atoms with Gasteiger partial charge in [-0.2, -0.15) is 0 Å². The van der Waals surface area contributed by atoms with Crippen molar-refractivity contribution in [3.05, 3.63) is 0 Å². The van der Waals surface area contributed by atoms with Crippen molar-refractivity contribution < 1.29 is 4.79 Å². The van der Waals surface area contributed by atoms with Crippen LogP contribution in [0.25, 0.3) is 0 Å². The summed E-state index contributed by atoms with van der Waals surface area (Å²) in [5.41, 5.74) is 0. The molecular weight excluding hydrogens is 160 g/mol. The molecule has 0 radical (unpaired) electrons. The second kappa shape index (κ2) is 2.78. The molecule has 2 saturated carbocycles. The van der Waals surface area contributed by atoms with E-state index in [1.54, 1.807) is 0 Å². The molecule has 0 N–H and O–H groups in total. The number of halogens is 1. The number of carbonyl (C=O) groups excluding carboxylic acids is 1. The third-order valence-electron chi connectivity index (χ3n) is 3.28. The molecule has 0 aromatic rings. The van der Waals surface area contributed by atoms with Crippen LogP contribution in [0.2, 0.25) is 0 Å². The van der Waals surface area contributed by atoms with Crippen LogP contribution in [0.3, 0.4) is 0 Å². The first kappa shape index (κ1) is 7.60. The van der Waals surface area contributed by atoms with Gasteiger partial charge in [0.05, 0.1) is 5.88 Å². The monoisotopic (exact) mass is 172 g/mol. The number of fused-ring (bicyclic) bond motifs is 2. The Bertz CT molecular complexity index is 178. The van der Waals surface area contributed by atoms with E-state index in [2.05, 4.69) is 0 Å². The SMILES string of the molecule is O=C(CCl)C1CC2CCC1C2. The molecule has 2 heteroatoms. The van der Waals surface area contributed by atoms with Crippen LogP contribution in [0, 0.1) is 17.8 Å². The zero-order chi connectivity index (χ0) is 7.84. The Morgan fingerprint density at radius 1 is 1.36 bits per heavy atom. The quantitative estimate of drug-likeness (QED) is 0.584. The normalized spacial score (nSPS) is 41.4. The zero-order valence-electron chi connectivity index (χ0n) is 6.55. The molecule has 2 bridgehead atoms. The second-order valence-electron chi connectivity index (χ2n) is 3.88. The number of hydrogen-bond donors (Lipinski definition) is 0. The van der Waals surface area contributed by atoms with E-state index in [1.165, 1.54) is 19.3 Å². The molecule has 3 unspecified atom stereocenters. The minimum atomic E-state index is 0.230. The first-order chi connectivity index (χ1) is 5.31. The summed E-state index contributed by atoms with van der Waals surface area (Å²) in [6, 6.07) is 0. The van der Waals surface area contributed by atoms with Crippen molar-refractivity contribution in [2.24, 2.45) is 17.8 Å². The van der Waals surface area contributed by atoms with Gasteiger partial charge in [-0.25, -0.2) is 0 Å². The molecule has 0 aromatic heterocycles. The minimum absolute atomic E-state index is 0.230. The summed E-state index contributed by atoms with van der Waals surface area (Å²) in [4.78, 5) is 11.3. The molecule has 2 aliphatic carbocycles. The van der Waals surface area contributed by atoms with Crippen LogP contribution in [0.1, 0.15) is 25.7 Å². The Morgan fingerprint density at radius 3 is 2.64 bits per heavy atom. The van der Waals surface area contributed by atoms with Gasteiger partial charge in [-0.05, 0) is 31.1 Å². The van der Waals surface area contributed by atoms with E-state index in [4.69, 9.17) is 11.6 Å². The standard InChI is InChI=1S/C9H13ClO/c10-5-9(11)8-4-6-1-2-7(8)3-6/h6-8H,1-5H2. The molecule has 0 aromatic carbocycles. The molecule has 3 atom stereocenters. The van der Waals surface area contributed by atoms with Gasteiger partial charge in [0.15, 0.2) is 5.78 Å². The summed E-state index contributed by atoms with van der Waals surface area (Å²) in [5.74, 6) is 2.42. The molecule has 11 heavy (non-hydrogen) atoms. The average molecular weight is 173 g/mol. The Hall–Kier alpha value is -0.0400. The molecule has 1 nitrogen and oxygen atoms in total. The van der Waals surface area contributed by atoms with Crippen molar-refractivity contribution in [1.29, 1.82) is 0 Å². The van der Waals surface area contributed by atoms with Crippen LogP contribution in [0.4, 0.5) is 0 Å². The number of alkyl halides is 1. The van der Waals surface area contributed by atoms with Crippen molar-refractivity contribution in [2.45, 2.75) is 25.7 Å². The van der Waals surface area contributed by atoms with Crippen molar-refractivity contribution in [2.75, 3.05) is 5.88 Å². The summed E-state index contributed by atoms with van der Waals surface area (Å²) < 4.78 is 0. The molecule has 2 fully saturated rings. The number of rotatable bonds is 2. The van der Waals surface area contributed by atoms with Crippen LogP contribution in [-0.4, -0.2) is 11.7 Å². The lowest BCUT2D eigenvalue weighted by Crippen LogP contribution is -2.21. The smallest absolute Gasteiger partial charge is 0.150 e. The highest BCUT2D eigenvalue weighted by atomic mass is 35.5. The number of Topliss-reactive ketones (excluding diaryl/α,β-unsaturated/α-hetero) is 1. The molecule has 2 rings (SSSR count). The Balaban J connectivity index is 2.02. The molecule has 62 valence electrons. The fourth-order valence-electron chi connectivity index (χ4n) is 2.74. The lowest BCUT2D eigenvalue weighted by atomic mass is 9.86. The van der Waals surface area contributed by atoms with Gasteiger partial charge in [0.1, 0.15) is 0 Å². The van der Waals surface area contributed by atoms with E-state index >= 15 is 0 Å². The predicted molar refractivity (Wildman–Crippen MR) is 44.7 cm³/mol. The summed E-state index contributed by atoms with van der Waals surface area (Å²) in [6.45, 7) is 0. The maximum Gasteiger partial charge on any atom is 0.150 e. The highest BCUT2D eigenvalue weighted by molar-refractivity contribution is 6.27. The van der Waals surface area contributed by atoms with E-state index in [1.807, 2.05) is 0 Å². The maximum absolute atomic E-state index is 11.3. The molecule has 2 aliphatic rings. The Kier molecular flexibility index (Phi) is 1.92. The van der Waals surface area contributed by atoms with Crippen molar-refractivity contribution >= 4 is 17.4 Å². The fraction of sp³-hybridized carbons (Fsp3) is 0.889. The number of carbonyl (C=O) groups is 1.